The highest BCUT2D eigenvalue weighted by atomic mass is 79.9. The van der Waals surface area contributed by atoms with Crippen molar-refractivity contribution in [3.05, 3.63) is 139 Å². The van der Waals surface area contributed by atoms with Gasteiger partial charge in [0.25, 0.3) is 5.91 Å². The summed E-state index contributed by atoms with van der Waals surface area (Å²) in [5.41, 5.74) is 17.2. The smallest absolute Gasteiger partial charge is 0.266 e. The average molecular weight is 704 g/mol. The third-order valence-electron chi connectivity index (χ3n) is 7.44. The van der Waals surface area contributed by atoms with Crippen LogP contribution in [-0.4, -0.2) is 42.2 Å². The number of amides is 1. The summed E-state index contributed by atoms with van der Waals surface area (Å²) in [6.07, 6.45) is 0.418. The lowest BCUT2D eigenvalue weighted by atomic mass is 9.81. The number of aliphatic imine (C=N–C) groups is 1. The summed E-state index contributed by atoms with van der Waals surface area (Å²) in [5, 5.41) is 13.6. The van der Waals surface area contributed by atoms with Crippen LogP contribution in [-0.2, 0) is 22.4 Å². The molecule has 0 aliphatic carbocycles. The van der Waals surface area contributed by atoms with E-state index in [-0.39, 0.29) is 18.9 Å². The third-order valence-corrected chi connectivity index (χ3v) is 8.22. The Bertz CT molecular complexity index is 1710. The first-order chi connectivity index (χ1) is 22.4. The molecule has 0 aromatic heterocycles. The molecular formula is C34H32BrClN6O4. The van der Waals surface area contributed by atoms with Crippen LogP contribution in [0.5, 0.6) is 5.75 Å². The minimum atomic E-state index is -1.49. The van der Waals surface area contributed by atoms with Gasteiger partial charge >= 0.3 is 0 Å². The topological polar surface area (TPSA) is 141 Å². The molecule has 0 unspecified atom stereocenters. The SMILES string of the molecule is [N-]=[N+]=Nc1ccccc1[C@@H]1OC(c2ccc(OCCCO)cc2)=N[C@]1(Cc1ccc(Br)cc1)C(=O)NNCCc1ccc(Cl)cc1. The van der Waals surface area contributed by atoms with Crippen LogP contribution in [0.25, 0.3) is 10.4 Å². The Balaban J connectivity index is 1.51. The Morgan fingerprint density at radius 3 is 2.48 bits per heavy atom. The van der Waals surface area contributed by atoms with Gasteiger partial charge in [-0.3, -0.25) is 10.2 Å². The van der Waals surface area contributed by atoms with E-state index < -0.39 is 17.6 Å². The minimum Gasteiger partial charge on any atom is -0.494 e. The molecule has 0 fully saturated rings. The predicted octanol–water partition coefficient (Wildman–Crippen LogP) is 7.17. The standard InChI is InChI=1S/C34H32BrClN6O4/c35-26-12-6-24(7-13-26)22-34(33(44)41-38-19-18-23-8-14-27(36)15-9-23)31(29-4-1-2-5-30(29)40-42-37)46-32(39-34)25-10-16-28(17-11-25)45-21-3-20-43/h1-2,4-17,31,38,43H,3,18-22H2,(H,41,44)/t31-,34-/m0/s1. The van der Waals surface area contributed by atoms with Crippen molar-refractivity contribution in [2.24, 2.45) is 10.1 Å². The van der Waals surface area contributed by atoms with Crippen LogP contribution in [0.4, 0.5) is 5.69 Å². The lowest BCUT2D eigenvalue weighted by Crippen LogP contribution is -2.54. The van der Waals surface area contributed by atoms with Gasteiger partial charge in [-0.2, -0.15) is 0 Å². The van der Waals surface area contributed by atoms with E-state index in [4.69, 9.17) is 31.2 Å². The summed E-state index contributed by atoms with van der Waals surface area (Å²) < 4.78 is 13.1. The maximum Gasteiger partial charge on any atom is 0.266 e. The first kappa shape index (κ1) is 33.0. The van der Waals surface area contributed by atoms with E-state index in [2.05, 4.69) is 36.8 Å². The summed E-state index contributed by atoms with van der Waals surface area (Å²) in [4.78, 5) is 22.4. The zero-order chi connectivity index (χ0) is 32.4. The third kappa shape index (κ3) is 8.06. The van der Waals surface area contributed by atoms with E-state index >= 15 is 0 Å². The molecule has 10 nitrogen and oxygen atoms in total. The number of carbonyl (C=O) groups is 1. The van der Waals surface area contributed by atoms with Crippen LogP contribution in [0, 0.1) is 0 Å². The summed E-state index contributed by atoms with van der Waals surface area (Å²) in [6, 6.07) is 29.4. The number of ether oxygens (including phenoxy) is 2. The van der Waals surface area contributed by atoms with Crippen molar-refractivity contribution in [2.45, 2.75) is 30.9 Å². The molecule has 1 heterocycles. The number of carbonyl (C=O) groups excluding carboxylic acids is 1. The molecule has 3 N–H and O–H groups in total. The number of hydrazine groups is 1. The van der Waals surface area contributed by atoms with Gasteiger partial charge in [0.05, 0.1) is 6.61 Å². The molecule has 46 heavy (non-hydrogen) atoms. The van der Waals surface area contributed by atoms with Crippen LogP contribution < -0.4 is 15.6 Å². The summed E-state index contributed by atoms with van der Waals surface area (Å²) >= 11 is 9.51. The zero-order valence-corrected chi connectivity index (χ0v) is 27.1. The van der Waals surface area contributed by atoms with Crippen LogP contribution in [0.3, 0.4) is 0 Å². The van der Waals surface area contributed by atoms with Crippen LogP contribution in [0.2, 0.25) is 5.02 Å². The zero-order valence-electron chi connectivity index (χ0n) is 24.8. The van der Waals surface area contributed by atoms with Crippen molar-refractivity contribution >= 4 is 45.0 Å². The van der Waals surface area contributed by atoms with E-state index in [1.54, 1.807) is 36.4 Å². The van der Waals surface area contributed by atoms with Gasteiger partial charge in [0.15, 0.2) is 11.6 Å². The van der Waals surface area contributed by atoms with Crippen LogP contribution in [0.1, 0.15) is 34.8 Å². The first-order valence-electron chi connectivity index (χ1n) is 14.7. The quantitative estimate of drug-likeness (QED) is 0.0420. The molecule has 0 saturated heterocycles. The van der Waals surface area contributed by atoms with E-state index in [9.17, 15) is 10.3 Å². The fourth-order valence-corrected chi connectivity index (χ4v) is 5.52. The Hall–Kier alpha value is -4.38. The van der Waals surface area contributed by atoms with Crippen molar-refractivity contribution in [3.8, 4) is 5.75 Å². The fraction of sp³-hybridized carbons (Fsp3) is 0.235. The average Bonchev–Trinajstić information content (AvgIpc) is 3.46. The van der Waals surface area contributed by atoms with Gasteiger partial charge in [0.2, 0.25) is 5.90 Å². The number of nitrogens with one attached hydrogen (secondary N) is 2. The molecule has 0 radical (unpaired) electrons. The molecule has 4 aromatic carbocycles. The molecule has 1 aliphatic rings. The number of hydrogen-bond donors (Lipinski definition) is 3. The molecule has 1 amide bonds. The number of azide groups is 1. The Morgan fingerprint density at radius 1 is 1.04 bits per heavy atom. The summed E-state index contributed by atoms with van der Waals surface area (Å²) in [5.74, 6) is 0.479. The molecule has 12 heteroatoms. The second-order valence-corrected chi connectivity index (χ2v) is 12.0. The molecule has 4 aromatic rings. The highest BCUT2D eigenvalue weighted by Crippen LogP contribution is 2.45. The van der Waals surface area contributed by atoms with Gasteiger partial charge in [-0.1, -0.05) is 81.2 Å². The lowest BCUT2D eigenvalue weighted by molar-refractivity contribution is -0.130. The second-order valence-electron chi connectivity index (χ2n) is 10.6. The van der Waals surface area contributed by atoms with E-state index in [0.717, 1.165) is 15.6 Å². The maximum atomic E-state index is 14.4. The van der Waals surface area contributed by atoms with Crippen molar-refractivity contribution < 1.29 is 19.4 Å². The van der Waals surface area contributed by atoms with Crippen molar-refractivity contribution in [1.82, 2.24) is 10.9 Å². The number of hydrogen-bond acceptors (Lipinski definition) is 7. The second kappa shape index (κ2) is 15.8. The van der Waals surface area contributed by atoms with Crippen molar-refractivity contribution in [3.63, 3.8) is 0 Å². The molecule has 2 atom stereocenters. The summed E-state index contributed by atoms with van der Waals surface area (Å²) in [7, 11) is 0. The van der Waals surface area contributed by atoms with E-state index in [0.29, 0.717) is 53.6 Å². The van der Waals surface area contributed by atoms with E-state index in [1.165, 1.54) is 0 Å². The monoisotopic (exact) mass is 702 g/mol. The Kier molecular flexibility index (Phi) is 11.3. The number of benzene rings is 4. The molecule has 1 aliphatic heterocycles. The largest absolute Gasteiger partial charge is 0.494 e. The molecule has 236 valence electrons. The Labute approximate surface area is 280 Å². The summed E-state index contributed by atoms with van der Waals surface area (Å²) in [6.45, 7) is 0.879. The van der Waals surface area contributed by atoms with E-state index in [1.807, 2.05) is 60.7 Å². The number of aliphatic hydroxyl groups is 1. The van der Waals surface area contributed by atoms with Gasteiger partial charge in [0.1, 0.15) is 5.75 Å². The van der Waals surface area contributed by atoms with Gasteiger partial charge in [-0.05, 0) is 71.6 Å². The number of rotatable bonds is 14. The van der Waals surface area contributed by atoms with Gasteiger partial charge in [0, 0.05) is 57.2 Å². The fourth-order valence-electron chi connectivity index (χ4n) is 5.13. The van der Waals surface area contributed by atoms with Crippen molar-refractivity contribution in [1.29, 1.82) is 0 Å². The van der Waals surface area contributed by atoms with Gasteiger partial charge < -0.3 is 14.6 Å². The van der Waals surface area contributed by atoms with Crippen LogP contribution >= 0.6 is 27.5 Å². The van der Waals surface area contributed by atoms with Gasteiger partial charge in [-0.25, -0.2) is 10.4 Å². The molecule has 5 rings (SSSR count). The maximum absolute atomic E-state index is 14.4. The molecule has 0 saturated carbocycles. The Morgan fingerprint density at radius 2 is 1.76 bits per heavy atom. The minimum absolute atomic E-state index is 0.0416. The molecule has 0 spiro atoms. The molecule has 0 bridgehead atoms. The van der Waals surface area contributed by atoms with Crippen molar-refractivity contribution in [2.75, 3.05) is 19.8 Å². The highest BCUT2D eigenvalue weighted by molar-refractivity contribution is 9.10. The highest BCUT2D eigenvalue weighted by Gasteiger charge is 2.54. The van der Waals surface area contributed by atoms with Gasteiger partial charge in [-0.15, -0.1) is 0 Å². The predicted molar refractivity (Wildman–Crippen MR) is 181 cm³/mol. The lowest BCUT2D eigenvalue weighted by Gasteiger charge is -2.31. The molecular weight excluding hydrogens is 672 g/mol. The number of halogens is 2. The first-order valence-corrected chi connectivity index (χ1v) is 15.9. The normalized spacial score (nSPS) is 17.0. The number of aliphatic hydroxyl groups excluding tert-OH is 1. The number of nitrogens with zero attached hydrogens (tertiary/aromatic N) is 4. The van der Waals surface area contributed by atoms with Crippen LogP contribution in [0.15, 0.2) is 112 Å².